The highest BCUT2D eigenvalue weighted by molar-refractivity contribution is 5.84. The van der Waals surface area contributed by atoms with Crippen molar-refractivity contribution >= 4 is 10.9 Å². The number of pyridine rings is 1. The SMILES string of the molecule is c1ccc(Cn2cc(CNC3CC3)c3ccccc32)nc1. The lowest BCUT2D eigenvalue weighted by Gasteiger charge is -2.04. The van der Waals surface area contributed by atoms with Gasteiger partial charge in [-0.1, -0.05) is 24.3 Å². The fraction of sp³-hybridized carbons (Fsp3) is 0.278. The van der Waals surface area contributed by atoms with E-state index in [1.807, 2.05) is 18.3 Å². The van der Waals surface area contributed by atoms with Crippen LogP contribution in [0.2, 0.25) is 0 Å². The Morgan fingerprint density at radius 1 is 1.10 bits per heavy atom. The maximum atomic E-state index is 4.44. The minimum atomic E-state index is 0.739. The van der Waals surface area contributed by atoms with E-state index >= 15 is 0 Å². The van der Waals surface area contributed by atoms with Gasteiger partial charge in [0, 0.05) is 35.9 Å². The van der Waals surface area contributed by atoms with Crippen molar-refractivity contribution in [3.05, 3.63) is 66.1 Å². The van der Waals surface area contributed by atoms with E-state index in [1.54, 1.807) is 0 Å². The van der Waals surface area contributed by atoms with E-state index in [-0.39, 0.29) is 0 Å². The highest BCUT2D eigenvalue weighted by Gasteiger charge is 2.20. The summed E-state index contributed by atoms with van der Waals surface area (Å²) in [5.74, 6) is 0. The second-order valence-corrected chi connectivity index (χ2v) is 5.78. The van der Waals surface area contributed by atoms with Gasteiger partial charge in [-0.25, -0.2) is 0 Å². The van der Waals surface area contributed by atoms with E-state index in [2.05, 4.69) is 51.4 Å². The van der Waals surface area contributed by atoms with Gasteiger partial charge in [0.25, 0.3) is 0 Å². The van der Waals surface area contributed by atoms with Crippen molar-refractivity contribution in [2.75, 3.05) is 0 Å². The molecule has 2 heterocycles. The van der Waals surface area contributed by atoms with Crippen molar-refractivity contribution in [2.24, 2.45) is 0 Å². The molecule has 0 unspecified atom stereocenters. The van der Waals surface area contributed by atoms with Crippen LogP contribution in [-0.2, 0) is 13.1 Å². The Labute approximate surface area is 124 Å². The van der Waals surface area contributed by atoms with Gasteiger partial charge in [0.2, 0.25) is 0 Å². The fourth-order valence-electron chi connectivity index (χ4n) is 2.80. The van der Waals surface area contributed by atoms with Gasteiger partial charge in [0.1, 0.15) is 0 Å². The lowest BCUT2D eigenvalue weighted by molar-refractivity contribution is 0.686. The van der Waals surface area contributed by atoms with E-state index in [0.717, 1.165) is 24.8 Å². The molecule has 21 heavy (non-hydrogen) atoms. The van der Waals surface area contributed by atoms with Crippen LogP contribution in [0.1, 0.15) is 24.1 Å². The maximum Gasteiger partial charge on any atom is 0.0648 e. The summed E-state index contributed by atoms with van der Waals surface area (Å²) in [5, 5.41) is 4.96. The van der Waals surface area contributed by atoms with Gasteiger partial charge in [-0.05, 0) is 36.6 Å². The summed E-state index contributed by atoms with van der Waals surface area (Å²) in [6.07, 6.45) is 6.78. The number of hydrogen-bond acceptors (Lipinski definition) is 2. The Morgan fingerprint density at radius 2 is 1.95 bits per heavy atom. The third kappa shape index (κ3) is 2.69. The van der Waals surface area contributed by atoms with Crippen LogP contribution in [0, 0.1) is 0 Å². The number of benzene rings is 1. The molecule has 4 rings (SSSR count). The molecule has 106 valence electrons. The predicted octanol–water partition coefficient (Wildman–Crippen LogP) is 3.34. The molecule has 1 fully saturated rings. The number of nitrogens with one attached hydrogen (secondary N) is 1. The van der Waals surface area contributed by atoms with E-state index in [9.17, 15) is 0 Å². The van der Waals surface area contributed by atoms with Gasteiger partial charge < -0.3 is 9.88 Å². The smallest absolute Gasteiger partial charge is 0.0648 e. The van der Waals surface area contributed by atoms with Crippen LogP contribution in [0.15, 0.2) is 54.9 Å². The molecule has 1 saturated carbocycles. The molecule has 3 heteroatoms. The number of nitrogens with zero attached hydrogens (tertiary/aromatic N) is 2. The first-order valence-electron chi connectivity index (χ1n) is 7.60. The number of aromatic nitrogens is 2. The summed E-state index contributed by atoms with van der Waals surface area (Å²) in [6.45, 7) is 1.78. The number of rotatable bonds is 5. The molecule has 2 aromatic heterocycles. The van der Waals surface area contributed by atoms with Crippen LogP contribution < -0.4 is 5.32 Å². The zero-order chi connectivity index (χ0) is 14.1. The Morgan fingerprint density at radius 3 is 2.76 bits per heavy atom. The Hall–Kier alpha value is -2.13. The summed E-state index contributed by atoms with van der Waals surface area (Å²) < 4.78 is 2.31. The number of fused-ring (bicyclic) bond motifs is 1. The molecule has 0 aliphatic heterocycles. The average Bonchev–Trinajstić information content (AvgIpc) is 3.30. The molecule has 0 amide bonds. The van der Waals surface area contributed by atoms with Gasteiger partial charge in [0.05, 0.1) is 12.2 Å². The summed E-state index contributed by atoms with van der Waals surface area (Å²) in [6, 6.07) is 15.5. The van der Waals surface area contributed by atoms with Crippen LogP contribution in [0.3, 0.4) is 0 Å². The third-order valence-corrected chi connectivity index (χ3v) is 4.09. The quantitative estimate of drug-likeness (QED) is 0.775. The lowest BCUT2D eigenvalue weighted by atomic mass is 10.2. The Bertz CT molecular complexity index is 742. The second-order valence-electron chi connectivity index (χ2n) is 5.78. The van der Waals surface area contributed by atoms with Crippen LogP contribution in [0.25, 0.3) is 10.9 Å². The topological polar surface area (TPSA) is 29.9 Å². The van der Waals surface area contributed by atoms with Crippen molar-refractivity contribution in [3.8, 4) is 0 Å². The predicted molar refractivity (Wildman–Crippen MR) is 85.1 cm³/mol. The van der Waals surface area contributed by atoms with Crippen LogP contribution in [0.5, 0.6) is 0 Å². The van der Waals surface area contributed by atoms with E-state index in [0.29, 0.717) is 0 Å². The average molecular weight is 277 g/mol. The zero-order valence-electron chi connectivity index (χ0n) is 12.0. The first-order valence-corrected chi connectivity index (χ1v) is 7.60. The maximum absolute atomic E-state index is 4.44. The largest absolute Gasteiger partial charge is 0.341 e. The molecule has 1 N–H and O–H groups in total. The molecular weight excluding hydrogens is 258 g/mol. The Balaban J connectivity index is 1.67. The number of hydrogen-bond donors (Lipinski definition) is 1. The second kappa shape index (κ2) is 5.34. The molecule has 0 atom stereocenters. The molecule has 3 aromatic rings. The van der Waals surface area contributed by atoms with Crippen molar-refractivity contribution in [1.82, 2.24) is 14.9 Å². The first-order chi connectivity index (χ1) is 10.4. The fourth-order valence-corrected chi connectivity index (χ4v) is 2.80. The van der Waals surface area contributed by atoms with Crippen molar-refractivity contribution in [1.29, 1.82) is 0 Å². The summed E-state index contributed by atoms with van der Waals surface area (Å²) in [4.78, 5) is 4.44. The van der Waals surface area contributed by atoms with Crippen LogP contribution in [-0.4, -0.2) is 15.6 Å². The summed E-state index contributed by atoms with van der Waals surface area (Å²) in [7, 11) is 0. The third-order valence-electron chi connectivity index (χ3n) is 4.09. The van der Waals surface area contributed by atoms with Crippen molar-refractivity contribution < 1.29 is 0 Å². The first kappa shape index (κ1) is 12.6. The molecule has 0 saturated heterocycles. The normalized spacial score (nSPS) is 14.7. The molecule has 0 radical (unpaired) electrons. The van der Waals surface area contributed by atoms with E-state index < -0.39 is 0 Å². The summed E-state index contributed by atoms with van der Waals surface area (Å²) in [5.41, 5.74) is 3.77. The van der Waals surface area contributed by atoms with Gasteiger partial charge in [-0.3, -0.25) is 4.98 Å². The van der Waals surface area contributed by atoms with Gasteiger partial charge in [-0.2, -0.15) is 0 Å². The summed E-state index contributed by atoms with van der Waals surface area (Å²) >= 11 is 0. The monoisotopic (exact) mass is 277 g/mol. The minimum Gasteiger partial charge on any atom is -0.341 e. The van der Waals surface area contributed by atoms with E-state index in [1.165, 1.54) is 29.3 Å². The minimum absolute atomic E-state index is 0.739. The van der Waals surface area contributed by atoms with Crippen LogP contribution >= 0.6 is 0 Å². The zero-order valence-corrected chi connectivity index (χ0v) is 12.0. The van der Waals surface area contributed by atoms with Crippen LogP contribution in [0.4, 0.5) is 0 Å². The van der Waals surface area contributed by atoms with Gasteiger partial charge >= 0.3 is 0 Å². The Kier molecular flexibility index (Phi) is 3.20. The van der Waals surface area contributed by atoms with Crippen molar-refractivity contribution in [2.45, 2.75) is 32.0 Å². The van der Waals surface area contributed by atoms with E-state index in [4.69, 9.17) is 0 Å². The highest BCUT2D eigenvalue weighted by Crippen LogP contribution is 2.24. The van der Waals surface area contributed by atoms with Gasteiger partial charge in [0.15, 0.2) is 0 Å². The van der Waals surface area contributed by atoms with Gasteiger partial charge in [-0.15, -0.1) is 0 Å². The highest BCUT2D eigenvalue weighted by atomic mass is 15.0. The molecule has 1 aliphatic carbocycles. The standard InChI is InChI=1S/C18H19N3/c1-2-7-18-17(6-1)14(11-20-15-8-9-15)12-21(18)13-16-5-3-4-10-19-16/h1-7,10,12,15,20H,8-9,11,13H2. The molecule has 3 nitrogen and oxygen atoms in total. The lowest BCUT2D eigenvalue weighted by Crippen LogP contribution is -2.14. The molecule has 1 aliphatic rings. The molecule has 0 spiro atoms. The number of para-hydroxylation sites is 1. The molecule has 1 aromatic carbocycles. The molecular formula is C18H19N3. The van der Waals surface area contributed by atoms with Crippen molar-refractivity contribution in [3.63, 3.8) is 0 Å². The molecule has 0 bridgehead atoms.